The van der Waals surface area contributed by atoms with Gasteiger partial charge in [0.15, 0.2) is 0 Å². The van der Waals surface area contributed by atoms with E-state index in [2.05, 4.69) is 5.32 Å². The summed E-state index contributed by atoms with van der Waals surface area (Å²) < 4.78 is 5.63. The van der Waals surface area contributed by atoms with Crippen molar-refractivity contribution < 1.29 is 14.6 Å². The van der Waals surface area contributed by atoms with Crippen LogP contribution in [0.4, 0.5) is 0 Å². The number of hydrogen-bond donors (Lipinski definition) is 2. The van der Waals surface area contributed by atoms with Crippen molar-refractivity contribution in [1.29, 1.82) is 0 Å². The van der Waals surface area contributed by atoms with Gasteiger partial charge in [-0.15, -0.1) is 0 Å². The Bertz CT molecular complexity index is 659. The molecule has 2 N–H and O–H groups in total. The van der Waals surface area contributed by atoms with Gasteiger partial charge < -0.3 is 15.2 Å². The van der Waals surface area contributed by atoms with Gasteiger partial charge in [0.05, 0.1) is 25.4 Å². The number of ether oxygens (including phenoxy) is 1. The van der Waals surface area contributed by atoms with Gasteiger partial charge >= 0.3 is 0 Å². The Hall–Kier alpha value is -2.17. The van der Waals surface area contributed by atoms with E-state index in [1.54, 1.807) is 0 Å². The maximum atomic E-state index is 11.8. The third kappa shape index (κ3) is 3.66. The molecule has 4 atom stereocenters. The average Bonchev–Trinajstić information content (AvgIpc) is 2.61. The van der Waals surface area contributed by atoms with Gasteiger partial charge in [-0.2, -0.15) is 0 Å². The van der Waals surface area contributed by atoms with Crippen LogP contribution in [-0.4, -0.2) is 30.3 Å². The van der Waals surface area contributed by atoms with Crippen LogP contribution >= 0.6 is 0 Å². The van der Waals surface area contributed by atoms with Crippen molar-refractivity contribution >= 4 is 5.91 Å². The summed E-state index contributed by atoms with van der Waals surface area (Å²) >= 11 is 0. The molecule has 4 nitrogen and oxygen atoms in total. The lowest BCUT2D eigenvalue weighted by Gasteiger charge is -2.40. The Morgan fingerprint density at radius 1 is 1.08 bits per heavy atom. The van der Waals surface area contributed by atoms with E-state index in [4.69, 9.17) is 4.74 Å². The quantitative estimate of drug-likeness (QED) is 0.908. The van der Waals surface area contributed by atoms with Crippen LogP contribution in [0.5, 0.6) is 0 Å². The molecule has 2 aromatic rings. The van der Waals surface area contributed by atoms with Crippen LogP contribution in [0.25, 0.3) is 0 Å². The van der Waals surface area contributed by atoms with Gasteiger partial charge in [-0.1, -0.05) is 60.7 Å². The van der Waals surface area contributed by atoms with E-state index in [0.717, 1.165) is 11.1 Å². The number of carbonyl (C=O) groups is 1. The molecular weight excluding hydrogens is 302 g/mol. The lowest BCUT2D eigenvalue weighted by atomic mass is 9.75. The zero-order chi connectivity index (χ0) is 16.9. The minimum absolute atomic E-state index is 0.0394. The van der Waals surface area contributed by atoms with Gasteiger partial charge in [0.2, 0.25) is 5.91 Å². The molecule has 1 heterocycles. The lowest BCUT2D eigenvalue weighted by Crippen LogP contribution is -2.45. The molecule has 4 heteroatoms. The summed E-state index contributed by atoms with van der Waals surface area (Å²) in [4.78, 5) is 11.8. The molecule has 1 fully saturated rings. The van der Waals surface area contributed by atoms with Gasteiger partial charge in [-0.05, 0) is 11.1 Å². The van der Waals surface area contributed by atoms with Gasteiger partial charge in [0.25, 0.3) is 0 Å². The molecule has 3 rings (SSSR count). The normalized spacial score (nSPS) is 25.0. The summed E-state index contributed by atoms with van der Waals surface area (Å²) in [6, 6.07) is 19.7. The molecule has 1 unspecified atom stereocenters. The molecule has 24 heavy (non-hydrogen) atoms. The minimum atomic E-state index is -0.592. The number of benzene rings is 2. The Morgan fingerprint density at radius 3 is 2.33 bits per heavy atom. The van der Waals surface area contributed by atoms with E-state index >= 15 is 0 Å². The second-order valence-electron chi connectivity index (χ2n) is 6.29. The van der Waals surface area contributed by atoms with Crippen LogP contribution in [-0.2, 0) is 9.53 Å². The highest BCUT2D eigenvalue weighted by molar-refractivity contribution is 5.73. The van der Waals surface area contributed by atoms with Crippen molar-refractivity contribution in [3.63, 3.8) is 0 Å². The standard InChI is InChI=1S/C20H23NO3/c1-14(22)21-20(16-10-6-3-7-11-16)17-12-24-13-18(23)19(17)15-8-4-2-5-9-15/h2-11,17-20,23H,12-13H2,1H3,(H,21,22)/t17-,18+,19+,20?/m0/s1. The maximum absolute atomic E-state index is 11.8. The first-order valence-corrected chi connectivity index (χ1v) is 8.29. The van der Waals surface area contributed by atoms with Gasteiger partial charge in [-0.25, -0.2) is 0 Å². The van der Waals surface area contributed by atoms with E-state index in [1.165, 1.54) is 6.92 Å². The number of hydrogen-bond acceptors (Lipinski definition) is 3. The number of nitrogens with one attached hydrogen (secondary N) is 1. The van der Waals surface area contributed by atoms with Crippen LogP contribution in [0.3, 0.4) is 0 Å². The van der Waals surface area contributed by atoms with Crippen LogP contribution in [0.15, 0.2) is 60.7 Å². The summed E-state index contributed by atoms with van der Waals surface area (Å²) in [5.74, 6) is -0.213. The van der Waals surface area contributed by atoms with Gasteiger partial charge in [-0.3, -0.25) is 4.79 Å². The number of aliphatic hydroxyl groups is 1. The zero-order valence-electron chi connectivity index (χ0n) is 13.8. The van der Waals surface area contributed by atoms with E-state index in [9.17, 15) is 9.90 Å². The summed E-state index contributed by atoms with van der Waals surface area (Å²) in [5, 5.41) is 13.6. The molecule has 0 radical (unpaired) electrons. The summed E-state index contributed by atoms with van der Waals surface area (Å²) in [5.41, 5.74) is 2.10. The summed E-state index contributed by atoms with van der Waals surface area (Å²) in [7, 11) is 0. The van der Waals surface area contributed by atoms with Gasteiger partial charge in [0, 0.05) is 18.8 Å². The first kappa shape index (κ1) is 16.7. The highest BCUT2D eigenvalue weighted by Gasteiger charge is 2.39. The van der Waals surface area contributed by atoms with Gasteiger partial charge in [0.1, 0.15) is 0 Å². The smallest absolute Gasteiger partial charge is 0.217 e. The monoisotopic (exact) mass is 325 g/mol. The summed E-state index contributed by atoms with van der Waals surface area (Å²) in [6.45, 7) is 2.33. The molecule has 0 spiro atoms. The molecule has 0 bridgehead atoms. The van der Waals surface area contributed by atoms with Crippen LogP contribution in [0, 0.1) is 5.92 Å². The highest BCUT2D eigenvalue weighted by Crippen LogP contribution is 2.39. The molecule has 1 aliphatic heterocycles. The number of aliphatic hydroxyl groups excluding tert-OH is 1. The lowest BCUT2D eigenvalue weighted by molar-refractivity contribution is -0.121. The highest BCUT2D eigenvalue weighted by atomic mass is 16.5. The largest absolute Gasteiger partial charge is 0.390 e. The molecule has 1 amide bonds. The first-order chi connectivity index (χ1) is 11.7. The second kappa shape index (κ2) is 7.60. The second-order valence-corrected chi connectivity index (χ2v) is 6.29. The minimum Gasteiger partial charge on any atom is -0.390 e. The molecule has 1 saturated heterocycles. The van der Waals surface area contributed by atoms with E-state index in [1.807, 2.05) is 60.7 Å². The maximum Gasteiger partial charge on any atom is 0.217 e. The fraction of sp³-hybridized carbons (Fsp3) is 0.350. The molecule has 2 aromatic carbocycles. The number of amides is 1. The van der Waals surface area contributed by atoms with Crippen molar-refractivity contribution in [3.05, 3.63) is 71.8 Å². The van der Waals surface area contributed by atoms with E-state index in [0.29, 0.717) is 13.2 Å². The Kier molecular flexibility index (Phi) is 5.28. The van der Waals surface area contributed by atoms with E-state index < -0.39 is 6.10 Å². The predicted octanol–water partition coefficient (Wildman–Crippen LogP) is 2.65. The zero-order valence-corrected chi connectivity index (χ0v) is 13.8. The van der Waals surface area contributed by atoms with Crippen LogP contribution in [0.1, 0.15) is 30.0 Å². The molecule has 0 aromatic heterocycles. The first-order valence-electron chi connectivity index (χ1n) is 8.29. The molecule has 126 valence electrons. The van der Waals surface area contributed by atoms with Crippen LogP contribution in [0.2, 0.25) is 0 Å². The molecule has 0 aliphatic carbocycles. The van der Waals surface area contributed by atoms with Crippen molar-refractivity contribution in [3.8, 4) is 0 Å². The molecule has 0 saturated carbocycles. The Morgan fingerprint density at radius 2 is 1.71 bits per heavy atom. The average molecular weight is 325 g/mol. The van der Waals surface area contributed by atoms with Crippen molar-refractivity contribution in [1.82, 2.24) is 5.32 Å². The van der Waals surface area contributed by atoms with E-state index in [-0.39, 0.29) is 23.8 Å². The van der Waals surface area contributed by atoms with Crippen molar-refractivity contribution in [2.75, 3.05) is 13.2 Å². The number of rotatable bonds is 4. The molecule has 1 aliphatic rings. The number of carbonyl (C=O) groups excluding carboxylic acids is 1. The van der Waals surface area contributed by atoms with Crippen LogP contribution < -0.4 is 5.32 Å². The topological polar surface area (TPSA) is 58.6 Å². The Labute approximate surface area is 142 Å². The Balaban J connectivity index is 1.98. The van der Waals surface area contributed by atoms with Crippen molar-refractivity contribution in [2.24, 2.45) is 5.92 Å². The third-order valence-electron chi connectivity index (χ3n) is 4.60. The predicted molar refractivity (Wildman–Crippen MR) is 92.5 cm³/mol. The third-order valence-corrected chi connectivity index (χ3v) is 4.60. The van der Waals surface area contributed by atoms with Crippen molar-refractivity contribution in [2.45, 2.75) is 25.0 Å². The fourth-order valence-corrected chi connectivity index (χ4v) is 3.58. The summed E-state index contributed by atoms with van der Waals surface area (Å²) in [6.07, 6.45) is -0.592. The fourth-order valence-electron chi connectivity index (χ4n) is 3.58. The SMILES string of the molecule is CC(=O)NC(c1ccccc1)[C@H]1COC[C@@H](O)[C@@H]1c1ccccc1. The molecular formula is C20H23NO3.